The van der Waals surface area contributed by atoms with E-state index in [9.17, 15) is 0 Å². The van der Waals surface area contributed by atoms with Crippen molar-refractivity contribution in [2.75, 3.05) is 26.2 Å². The number of ether oxygens (including phenoxy) is 1. The summed E-state index contributed by atoms with van der Waals surface area (Å²) in [5.41, 5.74) is 7.17. The van der Waals surface area contributed by atoms with Crippen molar-refractivity contribution in [1.29, 1.82) is 0 Å². The second kappa shape index (κ2) is 6.12. The summed E-state index contributed by atoms with van der Waals surface area (Å²) in [6.07, 6.45) is 2.03. The van der Waals surface area contributed by atoms with E-state index in [1.807, 2.05) is 18.2 Å². The number of nitrogens with two attached hydrogens (primary N) is 1. The Morgan fingerprint density at radius 1 is 1.37 bits per heavy atom. The Labute approximate surface area is 120 Å². The summed E-state index contributed by atoms with van der Waals surface area (Å²) < 4.78 is 5.86. The quantitative estimate of drug-likeness (QED) is 0.923. The van der Waals surface area contributed by atoms with E-state index in [-0.39, 0.29) is 5.54 Å². The van der Waals surface area contributed by atoms with Crippen molar-refractivity contribution in [3.05, 3.63) is 28.8 Å². The molecule has 1 aliphatic heterocycles. The van der Waals surface area contributed by atoms with E-state index >= 15 is 0 Å². The van der Waals surface area contributed by atoms with Crippen molar-refractivity contribution < 1.29 is 4.74 Å². The normalized spacial score (nSPS) is 22.8. The van der Waals surface area contributed by atoms with Crippen molar-refractivity contribution in [3.8, 4) is 5.75 Å². The van der Waals surface area contributed by atoms with Gasteiger partial charge in [-0.05, 0) is 44.1 Å². The van der Waals surface area contributed by atoms with Gasteiger partial charge in [-0.15, -0.1) is 0 Å². The van der Waals surface area contributed by atoms with E-state index in [0.29, 0.717) is 6.54 Å². The number of benzene rings is 1. The standard InChI is InChI=1S/C15H23ClN2O/c1-3-18(4-2)15(11-17)8-5-9-19-14-7-6-12(16)10-13(14)15/h6-7,10H,3-5,8-9,11,17H2,1-2H3. The van der Waals surface area contributed by atoms with Crippen LogP contribution in [0.25, 0.3) is 0 Å². The molecule has 1 aromatic carbocycles. The van der Waals surface area contributed by atoms with E-state index in [0.717, 1.165) is 48.9 Å². The van der Waals surface area contributed by atoms with Crippen LogP contribution in [0.3, 0.4) is 0 Å². The summed E-state index contributed by atoms with van der Waals surface area (Å²) in [5.74, 6) is 0.930. The minimum atomic E-state index is -0.153. The zero-order chi connectivity index (χ0) is 13.9. The molecule has 0 amide bonds. The molecule has 0 aliphatic carbocycles. The van der Waals surface area contributed by atoms with Gasteiger partial charge in [-0.1, -0.05) is 25.4 Å². The van der Waals surface area contributed by atoms with Gasteiger partial charge in [0.15, 0.2) is 0 Å². The predicted molar refractivity (Wildman–Crippen MR) is 79.8 cm³/mol. The maximum absolute atomic E-state index is 6.19. The Hall–Kier alpha value is -0.770. The van der Waals surface area contributed by atoms with Crippen molar-refractivity contribution in [2.45, 2.75) is 32.2 Å². The zero-order valence-electron chi connectivity index (χ0n) is 11.8. The predicted octanol–water partition coefficient (Wildman–Crippen LogP) is 3.01. The molecule has 0 saturated heterocycles. The largest absolute Gasteiger partial charge is 0.493 e. The fraction of sp³-hybridized carbons (Fsp3) is 0.600. The third-order valence-electron chi connectivity index (χ3n) is 4.14. The first kappa shape index (κ1) is 14.6. The molecule has 0 aromatic heterocycles. The summed E-state index contributed by atoms with van der Waals surface area (Å²) in [6.45, 7) is 7.64. The van der Waals surface area contributed by atoms with Gasteiger partial charge in [0.05, 0.1) is 12.1 Å². The highest BCUT2D eigenvalue weighted by molar-refractivity contribution is 6.30. The molecule has 0 radical (unpaired) electrons. The van der Waals surface area contributed by atoms with Gasteiger partial charge < -0.3 is 10.5 Å². The van der Waals surface area contributed by atoms with E-state index in [1.165, 1.54) is 0 Å². The maximum Gasteiger partial charge on any atom is 0.124 e. The van der Waals surface area contributed by atoms with Crippen molar-refractivity contribution in [2.24, 2.45) is 5.73 Å². The Bertz CT molecular complexity index is 434. The number of nitrogens with zero attached hydrogens (tertiary/aromatic N) is 1. The van der Waals surface area contributed by atoms with Gasteiger partial charge >= 0.3 is 0 Å². The van der Waals surface area contributed by atoms with E-state index < -0.39 is 0 Å². The highest BCUT2D eigenvalue weighted by Gasteiger charge is 2.39. The van der Waals surface area contributed by atoms with Crippen molar-refractivity contribution in [1.82, 2.24) is 4.90 Å². The van der Waals surface area contributed by atoms with Crippen LogP contribution in [-0.4, -0.2) is 31.1 Å². The number of hydrogen-bond acceptors (Lipinski definition) is 3. The van der Waals surface area contributed by atoms with Crippen LogP contribution >= 0.6 is 11.6 Å². The average molecular weight is 283 g/mol. The molecule has 4 heteroatoms. The van der Waals surface area contributed by atoms with E-state index in [1.54, 1.807) is 0 Å². The zero-order valence-corrected chi connectivity index (χ0v) is 12.5. The van der Waals surface area contributed by atoms with Gasteiger partial charge in [0.1, 0.15) is 5.75 Å². The highest BCUT2D eigenvalue weighted by Crippen LogP contribution is 2.41. The summed E-state index contributed by atoms with van der Waals surface area (Å²) in [6, 6.07) is 5.87. The Balaban J connectivity index is 2.57. The summed E-state index contributed by atoms with van der Waals surface area (Å²) in [7, 11) is 0. The molecule has 1 aromatic rings. The Morgan fingerprint density at radius 3 is 2.74 bits per heavy atom. The SMILES string of the molecule is CCN(CC)C1(CN)CCCOc2ccc(Cl)cc21. The molecule has 1 heterocycles. The van der Waals surface area contributed by atoms with Crippen LogP contribution in [0, 0.1) is 0 Å². The molecule has 0 fully saturated rings. The minimum absolute atomic E-state index is 0.153. The lowest BCUT2D eigenvalue weighted by Crippen LogP contribution is -2.51. The van der Waals surface area contributed by atoms with Crippen LogP contribution in [0.1, 0.15) is 32.3 Å². The third-order valence-corrected chi connectivity index (χ3v) is 4.38. The molecule has 0 saturated carbocycles. The molecule has 3 nitrogen and oxygen atoms in total. The molecule has 1 unspecified atom stereocenters. The molecular formula is C15H23ClN2O. The van der Waals surface area contributed by atoms with Crippen LogP contribution in [-0.2, 0) is 5.54 Å². The number of hydrogen-bond donors (Lipinski definition) is 1. The summed E-state index contributed by atoms with van der Waals surface area (Å²) in [4.78, 5) is 2.43. The minimum Gasteiger partial charge on any atom is -0.493 e. The fourth-order valence-electron chi connectivity index (χ4n) is 3.17. The molecule has 0 spiro atoms. The van der Waals surface area contributed by atoms with Crippen LogP contribution < -0.4 is 10.5 Å². The molecular weight excluding hydrogens is 260 g/mol. The van der Waals surface area contributed by atoms with Crippen molar-refractivity contribution >= 4 is 11.6 Å². The van der Waals surface area contributed by atoms with Crippen LogP contribution in [0.5, 0.6) is 5.75 Å². The van der Waals surface area contributed by atoms with Gasteiger partial charge in [-0.25, -0.2) is 0 Å². The second-order valence-corrected chi connectivity index (χ2v) is 5.44. The lowest BCUT2D eigenvalue weighted by molar-refractivity contribution is 0.0953. The van der Waals surface area contributed by atoms with E-state index in [4.69, 9.17) is 22.1 Å². The number of rotatable bonds is 4. The van der Waals surface area contributed by atoms with E-state index in [2.05, 4.69) is 18.7 Å². The molecule has 1 aliphatic rings. The van der Waals surface area contributed by atoms with Crippen LogP contribution in [0.4, 0.5) is 0 Å². The monoisotopic (exact) mass is 282 g/mol. The molecule has 19 heavy (non-hydrogen) atoms. The average Bonchev–Trinajstić information content (AvgIpc) is 2.61. The lowest BCUT2D eigenvalue weighted by Gasteiger charge is -2.42. The first-order chi connectivity index (χ1) is 9.17. The highest BCUT2D eigenvalue weighted by atomic mass is 35.5. The number of fused-ring (bicyclic) bond motifs is 1. The van der Waals surface area contributed by atoms with Crippen molar-refractivity contribution in [3.63, 3.8) is 0 Å². The van der Waals surface area contributed by atoms with Gasteiger partial charge in [0.2, 0.25) is 0 Å². The van der Waals surface area contributed by atoms with Gasteiger partial charge in [-0.3, -0.25) is 4.90 Å². The molecule has 2 rings (SSSR count). The van der Waals surface area contributed by atoms with Gasteiger partial charge in [0.25, 0.3) is 0 Å². The molecule has 1 atom stereocenters. The first-order valence-electron chi connectivity index (χ1n) is 7.06. The fourth-order valence-corrected chi connectivity index (χ4v) is 3.34. The van der Waals surface area contributed by atoms with Crippen LogP contribution in [0.15, 0.2) is 18.2 Å². The number of likely N-dealkylation sites (N-methyl/N-ethyl adjacent to an activating group) is 1. The maximum atomic E-state index is 6.19. The molecule has 0 bridgehead atoms. The smallest absolute Gasteiger partial charge is 0.124 e. The molecule has 2 N–H and O–H groups in total. The number of halogens is 1. The summed E-state index contributed by atoms with van der Waals surface area (Å²) >= 11 is 6.19. The topological polar surface area (TPSA) is 38.5 Å². The Morgan fingerprint density at radius 2 is 2.11 bits per heavy atom. The lowest BCUT2D eigenvalue weighted by atomic mass is 9.83. The second-order valence-electron chi connectivity index (χ2n) is 5.00. The molecule has 106 valence electrons. The van der Waals surface area contributed by atoms with Gasteiger partial charge in [0, 0.05) is 17.1 Å². The van der Waals surface area contributed by atoms with Gasteiger partial charge in [-0.2, -0.15) is 0 Å². The third kappa shape index (κ3) is 2.60. The Kier molecular flexibility index (Phi) is 4.71. The first-order valence-corrected chi connectivity index (χ1v) is 7.43. The summed E-state index contributed by atoms with van der Waals surface area (Å²) in [5, 5.41) is 0.745. The van der Waals surface area contributed by atoms with Crippen LogP contribution in [0.2, 0.25) is 5.02 Å².